The van der Waals surface area contributed by atoms with Crippen molar-refractivity contribution in [3.63, 3.8) is 0 Å². The van der Waals surface area contributed by atoms with Crippen molar-refractivity contribution in [1.29, 1.82) is 0 Å². The number of alkyl halides is 2. The molecule has 1 N–H and O–H groups in total. The molecule has 2 aromatic carbocycles. The van der Waals surface area contributed by atoms with Gasteiger partial charge >= 0.3 is 6.61 Å². The molecule has 0 radical (unpaired) electrons. The molecule has 0 aliphatic rings. The fraction of sp³-hybridized carbons (Fsp3) is 0.381. The quantitative estimate of drug-likeness (QED) is 0.595. The highest BCUT2D eigenvalue weighted by Crippen LogP contribution is 2.29. The molecule has 7 heteroatoms. The van der Waals surface area contributed by atoms with Gasteiger partial charge in [0.15, 0.2) is 11.5 Å². The molecule has 1 amide bonds. The van der Waals surface area contributed by atoms with Crippen LogP contribution in [0.1, 0.15) is 17.5 Å². The average Bonchev–Trinajstić information content (AvgIpc) is 2.66. The summed E-state index contributed by atoms with van der Waals surface area (Å²) in [7, 11) is 3.21. The molecule has 0 heterocycles. The summed E-state index contributed by atoms with van der Waals surface area (Å²) >= 11 is 0. The van der Waals surface area contributed by atoms with Gasteiger partial charge in [0, 0.05) is 13.1 Å². The summed E-state index contributed by atoms with van der Waals surface area (Å²) in [5.74, 6) is 0.164. The lowest BCUT2D eigenvalue weighted by Gasteiger charge is -2.18. The molecule has 0 aliphatic heterocycles. The largest absolute Gasteiger partial charge is 0.493 e. The van der Waals surface area contributed by atoms with E-state index in [1.54, 1.807) is 12.1 Å². The minimum atomic E-state index is -2.91. The Bertz CT molecular complexity index is 742. The summed E-state index contributed by atoms with van der Waals surface area (Å²) in [6.07, 6.45) is 1.80. The number of methoxy groups -OCH3 is 1. The van der Waals surface area contributed by atoms with Gasteiger partial charge in [0.05, 0.1) is 13.7 Å². The van der Waals surface area contributed by atoms with Crippen molar-refractivity contribution in [3.05, 3.63) is 59.7 Å². The Balaban J connectivity index is 1.74. The summed E-state index contributed by atoms with van der Waals surface area (Å²) < 4.78 is 34.3. The number of nitrogens with one attached hydrogen (secondary N) is 1. The fourth-order valence-corrected chi connectivity index (χ4v) is 2.84. The third kappa shape index (κ3) is 7.52. The molecule has 2 rings (SSSR count). The van der Waals surface area contributed by atoms with Crippen molar-refractivity contribution in [2.24, 2.45) is 0 Å². The van der Waals surface area contributed by atoms with Crippen LogP contribution in [0.4, 0.5) is 8.78 Å². The van der Waals surface area contributed by atoms with Gasteiger partial charge in [-0.2, -0.15) is 8.78 Å². The molecule has 152 valence electrons. The Morgan fingerprint density at radius 1 is 1.11 bits per heavy atom. The van der Waals surface area contributed by atoms with E-state index in [1.807, 2.05) is 30.1 Å². The number of hydrogen-bond donors (Lipinski definition) is 1. The predicted molar refractivity (Wildman–Crippen MR) is 104 cm³/mol. The maximum absolute atomic E-state index is 12.4. The number of nitrogens with zero attached hydrogens (tertiary/aromatic N) is 1. The smallest absolute Gasteiger partial charge is 0.387 e. The third-order valence-corrected chi connectivity index (χ3v) is 4.12. The van der Waals surface area contributed by atoms with Crippen molar-refractivity contribution in [2.45, 2.75) is 26.0 Å². The van der Waals surface area contributed by atoms with Gasteiger partial charge < -0.3 is 14.8 Å². The van der Waals surface area contributed by atoms with E-state index in [2.05, 4.69) is 22.2 Å². The minimum Gasteiger partial charge on any atom is -0.493 e. The molecule has 0 atom stereocenters. The minimum absolute atomic E-state index is 0.0138. The first-order valence-electron chi connectivity index (χ1n) is 9.09. The molecule has 0 unspecified atom stereocenters. The van der Waals surface area contributed by atoms with E-state index in [4.69, 9.17) is 4.74 Å². The number of carbonyl (C=O) groups is 1. The molecule has 0 saturated heterocycles. The van der Waals surface area contributed by atoms with Gasteiger partial charge in [0.25, 0.3) is 0 Å². The average molecular weight is 392 g/mol. The molecule has 5 nitrogen and oxygen atoms in total. The van der Waals surface area contributed by atoms with Gasteiger partial charge in [-0.3, -0.25) is 9.69 Å². The van der Waals surface area contributed by atoms with Crippen molar-refractivity contribution in [3.8, 4) is 11.5 Å². The number of halogens is 2. The van der Waals surface area contributed by atoms with Crippen molar-refractivity contribution >= 4 is 5.91 Å². The van der Waals surface area contributed by atoms with Gasteiger partial charge in [-0.15, -0.1) is 0 Å². The van der Waals surface area contributed by atoms with Crippen LogP contribution in [0.3, 0.4) is 0 Å². The SMILES string of the molecule is COc1cc(CN(C)CC(=O)NCCCc2ccccc2)ccc1OC(F)F. The first-order valence-corrected chi connectivity index (χ1v) is 9.09. The van der Waals surface area contributed by atoms with Crippen molar-refractivity contribution in [2.75, 3.05) is 27.2 Å². The van der Waals surface area contributed by atoms with E-state index < -0.39 is 6.61 Å². The Kier molecular flexibility index (Phi) is 8.68. The highest BCUT2D eigenvalue weighted by atomic mass is 19.3. The van der Waals surface area contributed by atoms with Crippen LogP contribution in [0.25, 0.3) is 0 Å². The summed E-state index contributed by atoms with van der Waals surface area (Å²) in [4.78, 5) is 13.9. The normalized spacial score (nSPS) is 10.9. The lowest BCUT2D eigenvalue weighted by atomic mass is 10.1. The second-order valence-corrected chi connectivity index (χ2v) is 6.48. The molecule has 2 aromatic rings. The van der Waals surface area contributed by atoms with E-state index in [0.29, 0.717) is 13.1 Å². The summed E-state index contributed by atoms with van der Waals surface area (Å²) in [5.41, 5.74) is 2.08. The van der Waals surface area contributed by atoms with Crippen LogP contribution < -0.4 is 14.8 Å². The highest BCUT2D eigenvalue weighted by molar-refractivity contribution is 5.77. The van der Waals surface area contributed by atoms with Crippen LogP contribution in [0.15, 0.2) is 48.5 Å². The van der Waals surface area contributed by atoms with Crippen molar-refractivity contribution in [1.82, 2.24) is 10.2 Å². The second-order valence-electron chi connectivity index (χ2n) is 6.48. The number of carbonyl (C=O) groups excluding carboxylic acids is 1. The topological polar surface area (TPSA) is 50.8 Å². The zero-order valence-corrected chi connectivity index (χ0v) is 16.2. The van der Waals surface area contributed by atoms with E-state index in [1.165, 1.54) is 18.7 Å². The standard InChI is InChI=1S/C21H26F2N2O3/c1-25(14-17-10-11-18(28-21(22)23)19(13-17)27-2)15-20(26)24-12-6-9-16-7-4-3-5-8-16/h3-5,7-8,10-11,13,21H,6,9,12,14-15H2,1-2H3,(H,24,26). The van der Waals surface area contributed by atoms with Gasteiger partial charge in [-0.1, -0.05) is 36.4 Å². The number of rotatable bonds is 11. The summed E-state index contributed by atoms with van der Waals surface area (Å²) in [5, 5.41) is 2.91. The predicted octanol–water partition coefficient (Wildman–Crippen LogP) is 3.48. The summed E-state index contributed by atoms with van der Waals surface area (Å²) in [6.45, 7) is -1.58. The van der Waals surface area contributed by atoms with E-state index in [-0.39, 0.29) is 24.0 Å². The molecule has 28 heavy (non-hydrogen) atoms. The monoisotopic (exact) mass is 392 g/mol. The van der Waals surface area contributed by atoms with Crippen molar-refractivity contribution < 1.29 is 23.0 Å². The second kappa shape index (κ2) is 11.2. The third-order valence-electron chi connectivity index (χ3n) is 4.12. The Morgan fingerprint density at radius 3 is 2.54 bits per heavy atom. The maximum Gasteiger partial charge on any atom is 0.387 e. The van der Waals surface area contributed by atoms with Gasteiger partial charge in [0.1, 0.15) is 0 Å². The van der Waals surface area contributed by atoms with Crippen LogP contribution in [-0.2, 0) is 17.8 Å². The molecule has 0 aromatic heterocycles. The first kappa shape index (κ1) is 21.6. The first-order chi connectivity index (χ1) is 13.5. The number of amides is 1. The number of ether oxygens (including phenoxy) is 2. The van der Waals surface area contributed by atoms with Gasteiger partial charge in [0.2, 0.25) is 5.91 Å². The van der Waals surface area contributed by atoms with Gasteiger partial charge in [-0.25, -0.2) is 0 Å². The molecule has 0 fully saturated rings. The van der Waals surface area contributed by atoms with Crippen LogP contribution in [0.2, 0.25) is 0 Å². The summed E-state index contributed by atoms with van der Waals surface area (Å²) in [6, 6.07) is 14.9. The Labute approximate surface area is 164 Å². The van der Waals surface area contributed by atoms with Crippen LogP contribution in [0.5, 0.6) is 11.5 Å². The molecule has 0 aliphatic carbocycles. The van der Waals surface area contributed by atoms with E-state index >= 15 is 0 Å². The number of aryl methyl sites for hydroxylation is 1. The van der Waals surface area contributed by atoms with Crippen LogP contribution in [-0.4, -0.2) is 44.7 Å². The van der Waals surface area contributed by atoms with E-state index in [9.17, 15) is 13.6 Å². The molecule has 0 saturated carbocycles. The Morgan fingerprint density at radius 2 is 1.86 bits per heavy atom. The zero-order valence-electron chi connectivity index (χ0n) is 16.2. The molecular weight excluding hydrogens is 366 g/mol. The lowest BCUT2D eigenvalue weighted by Crippen LogP contribution is -2.35. The van der Waals surface area contributed by atoms with E-state index in [0.717, 1.165) is 18.4 Å². The maximum atomic E-state index is 12.4. The highest BCUT2D eigenvalue weighted by Gasteiger charge is 2.13. The van der Waals surface area contributed by atoms with Gasteiger partial charge in [-0.05, 0) is 43.1 Å². The Hall–Kier alpha value is -2.67. The molecule has 0 spiro atoms. The lowest BCUT2D eigenvalue weighted by molar-refractivity contribution is -0.122. The fourth-order valence-electron chi connectivity index (χ4n) is 2.84. The molecular formula is C21H26F2N2O3. The molecule has 0 bridgehead atoms. The van der Waals surface area contributed by atoms with Crippen LogP contribution >= 0.6 is 0 Å². The number of likely N-dealkylation sites (N-methyl/N-ethyl adjacent to an activating group) is 1. The number of hydrogen-bond acceptors (Lipinski definition) is 4. The van der Waals surface area contributed by atoms with Crippen LogP contribution in [0, 0.1) is 0 Å². The number of benzene rings is 2. The zero-order chi connectivity index (χ0) is 20.4.